The number of carbonyl (C=O) groups is 1. The first kappa shape index (κ1) is 22.0. The second-order valence-electron chi connectivity index (χ2n) is 6.30. The molecule has 0 radical (unpaired) electrons. The largest absolute Gasteiger partial charge is 0.417 e. The van der Waals surface area contributed by atoms with Crippen LogP contribution >= 0.6 is 11.6 Å². The first-order valence-corrected chi connectivity index (χ1v) is 10.2. The summed E-state index contributed by atoms with van der Waals surface area (Å²) in [4.78, 5) is 12.4. The molecule has 0 unspecified atom stereocenters. The van der Waals surface area contributed by atoms with E-state index < -0.39 is 39.2 Å². The van der Waals surface area contributed by atoms with E-state index >= 15 is 0 Å². The quantitative estimate of drug-likeness (QED) is 0.759. The van der Waals surface area contributed by atoms with Crippen LogP contribution in [0.2, 0.25) is 5.02 Å². The van der Waals surface area contributed by atoms with Gasteiger partial charge in [-0.3, -0.25) is 9.10 Å². The Morgan fingerprint density at radius 3 is 2.32 bits per heavy atom. The first-order valence-electron chi connectivity index (χ1n) is 8.00. The average molecular weight is 435 g/mol. The van der Waals surface area contributed by atoms with Crippen molar-refractivity contribution >= 4 is 38.9 Å². The fraction of sp³-hybridized carbons (Fsp3) is 0.278. The highest BCUT2D eigenvalue weighted by molar-refractivity contribution is 7.92. The highest BCUT2D eigenvalue weighted by atomic mass is 35.5. The van der Waals surface area contributed by atoms with Crippen molar-refractivity contribution in [3.63, 3.8) is 0 Å². The molecule has 1 amide bonds. The maximum absolute atomic E-state index is 13.1. The number of rotatable bonds is 5. The lowest BCUT2D eigenvalue weighted by molar-refractivity contribution is -0.137. The third-order valence-corrected chi connectivity index (χ3v) is 5.36. The van der Waals surface area contributed by atoms with Gasteiger partial charge < -0.3 is 5.32 Å². The number of aryl methyl sites for hydroxylation is 2. The number of hydrogen-bond donors (Lipinski definition) is 1. The van der Waals surface area contributed by atoms with Crippen LogP contribution in [-0.4, -0.2) is 27.1 Å². The fourth-order valence-electron chi connectivity index (χ4n) is 2.56. The molecule has 10 heteroatoms. The van der Waals surface area contributed by atoms with Gasteiger partial charge in [0.2, 0.25) is 15.9 Å². The second kappa shape index (κ2) is 8.00. The Morgan fingerprint density at radius 1 is 1.14 bits per heavy atom. The molecule has 0 bridgehead atoms. The zero-order chi connectivity index (χ0) is 21.3. The molecule has 0 spiro atoms. The van der Waals surface area contributed by atoms with Gasteiger partial charge in [-0.2, -0.15) is 13.2 Å². The molecule has 28 heavy (non-hydrogen) atoms. The lowest BCUT2D eigenvalue weighted by Gasteiger charge is -2.23. The SMILES string of the molecule is Cc1ccc(NC(=O)CN(c2ccc(Cl)c(C(F)(F)F)c2)S(C)(=O)=O)c(C)c1. The molecule has 0 aliphatic carbocycles. The van der Waals surface area contributed by atoms with Crippen molar-refractivity contribution in [1.82, 2.24) is 0 Å². The minimum absolute atomic E-state index is 0.310. The van der Waals surface area contributed by atoms with Crippen LogP contribution in [0, 0.1) is 13.8 Å². The van der Waals surface area contributed by atoms with Crippen LogP contribution in [0.5, 0.6) is 0 Å². The molecule has 2 aromatic rings. The number of carbonyl (C=O) groups excluding carboxylic acids is 1. The number of hydrogen-bond acceptors (Lipinski definition) is 3. The van der Waals surface area contributed by atoms with E-state index in [1.165, 1.54) is 0 Å². The second-order valence-corrected chi connectivity index (χ2v) is 8.61. The summed E-state index contributed by atoms with van der Waals surface area (Å²) in [7, 11) is -4.04. The maximum atomic E-state index is 13.1. The standard InChI is InChI=1S/C18H18ClF3N2O3S/c1-11-4-7-16(12(2)8-11)23-17(25)10-24(28(3,26)27)13-5-6-15(19)14(9-13)18(20,21)22/h4-9H,10H2,1-3H3,(H,23,25). The van der Waals surface area contributed by atoms with Crippen LogP contribution in [0.3, 0.4) is 0 Å². The van der Waals surface area contributed by atoms with Gasteiger partial charge in [-0.25, -0.2) is 8.42 Å². The van der Waals surface area contributed by atoms with E-state index in [0.29, 0.717) is 16.1 Å². The van der Waals surface area contributed by atoms with Gasteiger partial charge >= 0.3 is 6.18 Å². The molecule has 0 heterocycles. The van der Waals surface area contributed by atoms with Crippen molar-refractivity contribution in [1.29, 1.82) is 0 Å². The van der Waals surface area contributed by atoms with Gasteiger partial charge in [-0.1, -0.05) is 29.3 Å². The zero-order valence-corrected chi connectivity index (χ0v) is 16.8. The Bertz CT molecular complexity index is 1010. The monoisotopic (exact) mass is 434 g/mol. The van der Waals surface area contributed by atoms with E-state index in [2.05, 4.69) is 5.32 Å². The number of anilines is 2. The predicted molar refractivity (Wildman–Crippen MR) is 103 cm³/mol. The Hall–Kier alpha value is -2.26. The maximum Gasteiger partial charge on any atom is 0.417 e. The van der Waals surface area contributed by atoms with Gasteiger partial charge in [0.15, 0.2) is 0 Å². The van der Waals surface area contributed by atoms with E-state index in [1.54, 1.807) is 19.1 Å². The van der Waals surface area contributed by atoms with Crippen molar-refractivity contribution in [3.05, 3.63) is 58.1 Å². The lowest BCUT2D eigenvalue weighted by atomic mass is 10.1. The summed E-state index contributed by atoms with van der Waals surface area (Å²) in [5, 5.41) is 2.01. The predicted octanol–water partition coefficient (Wildman–Crippen LogP) is 4.38. The minimum Gasteiger partial charge on any atom is -0.324 e. The zero-order valence-electron chi connectivity index (χ0n) is 15.3. The summed E-state index contributed by atoms with van der Waals surface area (Å²) in [6.07, 6.45) is -3.96. The molecule has 152 valence electrons. The molecule has 1 N–H and O–H groups in total. The van der Waals surface area contributed by atoms with Crippen LogP contribution in [0.1, 0.15) is 16.7 Å². The molecule has 0 aliphatic rings. The number of benzene rings is 2. The summed E-state index contributed by atoms with van der Waals surface area (Å²) in [5.74, 6) is -0.694. The number of nitrogens with one attached hydrogen (secondary N) is 1. The molecular formula is C18H18ClF3N2O3S. The normalized spacial score (nSPS) is 12.0. The Kier molecular flexibility index (Phi) is 6.30. The van der Waals surface area contributed by atoms with Gasteiger partial charge in [-0.15, -0.1) is 0 Å². The van der Waals surface area contributed by atoms with Gasteiger partial charge in [-0.05, 0) is 43.7 Å². The van der Waals surface area contributed by atoms with E-state index in [9.17, 15) is 26.4 Å². The van der Waals surface area contributed by atoms with Crippen LogP contribution in [0.15, 0.2) is 36.4 Å². The molecule has 0 aromatic heterocycles. The van der Waals surface area contributed by atoms with Gasteiger partial charge in [0.05, 0.1) is 22.5 Å². The average Bonchev–Trinajstić information content (AvgIpc) is 2.54. The molecule has 0 atom stereocenters. The van der Waals surface area contributed by atoms with Crippen molar-refractivity contribution in [2.45, 2.75) is 20.0 Å². The number of sulfonamides is 1. The number of alkyl halides is 3. The highest BCUT2D eigenvalue weighted by Gasteiger charge is 2.34. The van der Waals surface area contributed by atoms with Crippen LogP contribution in [0.25, 0.3) is 0 Å². The number of halogens is 4. The molecule has 0 fully saturated rings. The Morgan fingerprint density at radius 2 is 1.79 bits per heavy atom. The summed E-state index contributed by atoms with van der Waals surface area (Å²) < 4.78 is 64.1. The van der Waals surface area contributed by atoms with Gasteiger partial charge in [0.25, 0.3) is 0 Å². The van der Waals surface area contributed by atoms with Crippen LogP contribution in [-0.2, 0) is 21.0 Å². The molecule has 5 nitrogen and oxygen atoms in total. The smallest absolute Gasteiger partial charge is 0.324 e. The molecule has 2 rings (SSSR count). The van der Waals surface area contributed by atoms with Gasteiger partial charge in [0.1, 0.15) is 6.54 Å². The number of nitrogens with zero attached hydrogens (tertiary/aromatic N) is 1. The molecular weight excluding hydrogens is 417 g/mol. The van der Waals surface area contributed by atoms with Crippen molar-refractivity contribution in [2.24, 2.45) is 0 Å². The van der Waals surface area contributed by atoms with Gasteiger partial charge in [0, 0.05) is 5.69 Å². The third-order valence-electron chi connectivity index (χ3n) is 3.89. The molecule has 0 saturated carbocycles. The molecule has 0 saturated heterocycles. The first-order chi connectivity index (χ1) is 12.8. The van der Waals surface area contributed by atoms with Crippen molar-refractivity contribution in [3.8, 4) is 0 Å². The van der Waals surface area contributed by atoms with E-state index in [-0.39, 0.29) is 5.69 Å². The lowest BCUT2D eigenvalue weighted by Crippen LogP contribution is -2.37. The Balaban J connectivity index is 2.34. The Labute approximate surface area is 166 Å². The van der Waals surface area contributed by atoms with Crippen molar-refractivity contribution < 1.29 is 26.4 Å². The minimum atomic E-state index is -4.77. The summed E-state index contributed by atoms with van der Waals surface area (Å²) in [5.41, 5.74) is 0.737. The summed E-state index contributed by atoms with van der Waals surface area (Å²) >= 11 is 5.58. The summed E-state index contributed by atoms with van der Waals surface area (Å²) in [6, 6.07) is 7.93. The highest BCUT2D eigenvalue weighted by Crippen LogP contribution is 2.37. The third kappa shape index (κ3) is 5.39. The van der Waals surface area contributed by atoms with Crippen LogP contribution in [0.4, 0.5) is 24.5 Å². The fourth-order valence-corrected chi connectivity index (χ4v) is 3.63. The molecule has 0 aliphatic heterocycles. The topological polar surface area (TPSA) is 66.5 Å². The number of amides is 1. The van der Waals surface area contributed by atoms with E-state index in [0.717, 1.165) is 29.5 Å². The van der Waals surface area contributed by atoms with E-state index in [4.69, 9.17) is 11.6 Å². The van der Waals surface area contributed by atoms with E-state index in [1.807, 2.05) is 13.0 Å². The molecule has 2 aromatic carbocycles. The van der Waals surface area contributed by atoms with Crippen molar-refractivity contribution in [2.75, 3.05) is 22.4 Å². The van der Waals surface area contributed by atoms with Crippen LogP contribution < -0.4 is 9.62 Å². The summed E-state index contributed by atoms with van der Waals surface area (Å²) in [6.45, 7) is 2.96.